The third-order valence-electron chi connectivity index (χ3n) is 3.22. The van der Waals surface area contributed by atoms with Crippen molar-refractivity contribution in [3.05, 3.63) is 39.4 Å². The highest BCUT2D eigenvalue weighted by Crippen LogP contribution is 2.28. The Labute approximate surface area is 131 Å². The fourth-order valence-electron chi connectivity index (χ4n) is 2.10. The second-order valence-corrected chi connectivity index (χ2v) is 7.28. The van der Waals surface area contributed by atoms with E-state index in [4.69, 9.17) is 0 Å². The number of halogens is 2. The molecule has 0 bridgehead atoms. The predicted molar refractivity (Wildman–Crippen MR) is 82.3 cm³/mol. The molecular weight excluding hydrogens is 361 g/mol. The van der Waals surface area contributed by atoms with Gasteiger partial charge in [-0.25, -0.2) is 12.8 Å². The van der Waals surface area contributed by atoms with Crippen LogP contribution in [0.15, 0.2) is 21.5 Å². The molecule has 0 atom stereocenters. The molecule has 1 N–H and O–H groups in total. The minimum absolute atomic E-state index is 0.143. The molecule has 0 amide bonds. The Balaban J connectivity index is 2.50. The molecule has 2 rings (SSSR count). The monoisotopic (exact) mass is 375 g/mol. The summed E-state index contributed by atoms with van der Waals surface area (Å²) < 4.78 is 42.7. The molecule has 0 radical (unpaired) electrons. The van der Waals surface area contributed by atoms with Crippen molar-refractivity contribution >= 4 is 31.6 Å². The summed E-state index contributed by atoms with van der Waals surface area (Å²) in [4.78, 5) is 0.143. The fraction of sp³-hybridized carbons (Fsp3) is 0.308. The van der Waals surface area contributed by atoms with E-state index in [0.29, 0.717) is 22.6 Å². The van der Waals surface area contributed by atoms with Crippen molar-refractivity contribution in [3.63, 3.8) is 0 Å². The Hall–Kier alpha value is -1.41. The average molecular weight is 376 g/mol. The molecule has 0 spiro atoms. The summed E-state index contributed by atoms with van der Waals surface area (Å²) in [6, 6.07) is 2.67. The number of aromatic nitrogens is 2. The molecule has 21 heavy (non-hydrogen) atoms. The number of nitrogens with one attached hydrogen (secondary N) is 1. The highest BCUT2D eigenvalue weighted by atomic mass is 79.9. The van der Waals surface area contributed by atoms with Gasteiger partial charge in [0.05, 0.1) is 21.5 Å². The number of rotatable bonds is 3. The third kappa shape index (κ3) is 2.96. The Morgan fingerprint density at radius 1 is 1.29 bits per heavy atom. The summed E-state index contributed by atoms with van der Waals surface area (Å²) in [7, 11) is -2.10. The van der Waals surface area contributed by atoms with E-state index < -0.39 is 15.8 Å². The fourth-order valence-corrected chi connectivity index (χ4v) is 4.00. The van der Waals surface area contributed by atoms with Gasteiger partial charge in [-0.1, -0.05) is 0 Å². The quantitative estimate of drug-likeness (QED) is 0.896. The maximum absolute atomic E-state index is 13.4. The summed E-state index contributed by atoms with van der Waals surface area (Å²) in [5.41, 5.74) is 1.78. The van der Waals surface area contributed by atoms with E-state index in [0.717, 1.165) is 0 Å². The van der Waals surface area contributed by atoms with Crippen molar-refractivity contribution in [1.29, 1.82) is 0 Å². The zero-order chi connectivity index (χ0) is 15.9. The molecule has 0 aliphatic carbocycles. The van der Waals surface area contributed by atoms with Gasteiger partial charge in [0.25, 0.3) is 10.0 Å². The van der Waals surface area contributed by atoms with E-state index in [9.17, 15) is 12.8 Å². The van der Waals surface area contributed by atoms with Gasteiger partial charge in [-0.15, -0.1) is 0 Å². The van der Waals surface area contributed by atoms with E-state index >= 15 is 0 Å². The van der Waals surface area contributed by atoms with E-state index in [1.165, 1.54) is 16.8 Å². The minimum Gasteiger partial charge on any atom is -0.279 e. The molecule has 1 aromatic carbocycles. The molecule has 114 valence electrons. The van der Waals surface area contributed by atoms with E-state index in [-0.39, 0.29) is 9.37 Å². The van der Waals surface area contributed by atoms with Gasteiger partial charge in [-0.3, -0.25) is 9.40 Å². The lowest BCUT2D eigenvalue weighted by Crippen LogP contribution is -2.15. The smallest absolute Gasteiger partial charge is 0.265 e. The number of nitrogens with zero attached hydrogens (tertiary/aromatic N) is 2. The highest BCUT2D eigenvalue weighted by Gasteiger charge is 2.24. The molecule has 0 saturated carbocycles. The predicted octanol–water partition coefficient (Wildman–Crippen LogP) is 3.05. The van der Waals surface area contributed by atoms with Gasteiger partial charge in [0.2, 0.25) is 0 Å². The molecular formula is C13H15BrFN3O2S. The van der Waals surface area contributed by atoms with E-state index in [1.54, 1.807) is 27.8 Å². The number of sulfonamides is 1. The lowest BCUT2D eigenvalue weighted by Gasteiger charge is -2.12. The van der Waals surface area contributed by atoms with Crippen LogP contribution in [0, 0.1) is 26.6 Å². The minimum atomic E-state index is -3.78. The van der Waals surface area contributed by atoms with Crippen LogP contribution in [0.3, 0.4) is 0 Å². The summed E-state index contributed by atoms with van der Waals surface area (Å²) >= 11 is 3.05. The first-order valence-corrected chi connectivity index (χ1v) is 8.39. The number of benzene rings is 1. The number of anilines is 1. The van der Waals surface area contributed by atoms with Crippen LogP contribution in [0.25, 0.3) is 0 Å². The van der Waals surface area contributed by atoms with Crippen molar-refractivity contribution in [2.45, 2.75) is 25.7 Å². The standard InChI is InChI=1S/C13H15BrFN3O2S/c1-7-5-11(15)10(14)6-12(7)17-21(19,20)13-8(2)16-18(4)9(13)3/h5-6,17H,1-4H3. The molecule has 2 aromatic rings. The Morgan fingerprint density at radius 3 is 2.43 bits per heavy atom. The van der Waals surface area contributed by atoms with Crippen molar-refractivity contribution in [2.24, 2.45) is 7.05 Å². The normalized spacial score (nSPS) is 11.7. The zero-order valence-corrected chi connectivity index (χ0v) is 14.4. The van der Waals surface area contributed by atoms with Gasteiger partial charge in [0.1, 0.15) is 10.7 Å². The second kappa shape index (κ2) is 5.42. The van der Waals surface area contributed by atoms with Gasteiger partial charge >= 0.3 is 0 Å². The van der Waals surface area contributed by atoms with Gasteiger partial charge in [-0.05, 0) is 54.4 Å². The maximum atomic E-state index is 13.4. The Bertz CT molecular complexity index is 815. The summed E-state index contributed by atoms with van der Waals surface area (Å²) in [5, 5.41) is 4.10. The van der Waals surface area contributed by atoms with Crippen LogP contribution >= 0.6 is 15.9 Å². The van der Waals surface area contributed by atoms with Crippen molar-refractivity contribution in [3.8, 4) is 0 Å². The molecule has 8 heteroatoms. The second-order valence-electron chi connectivity index (χ2n) is 4.81. The van der Waals surface area contributed by atoms with Crippen LogP contribution in [0.4, 0.5) is 10.1 Å². The largest absolute Gasteiger partial charge is 0.279 e. The van der Waals surface area contributed by atoms with Gasteiger partial charge in [0, 0.05) is 7.05 Å². The van der Waals surface area contributed by atoms with E-state index in [2.05, 4.69) is 25.8 Å². The molecule has 0 unspecified atom stereocenters. The van der Waals surface area contributed by atoms with Crippen LogP contribution < -0.4 is 4.72 Å². The molecule has 0 saturated heterocycles. The molecule has 5 nitrogen and oxygen atoms in total. The molecule has 1 heterocycles. The van der Waals surface area contributed by atoms with Crippen molar-refractivity contribution in [1.82, 2.24) is 9.78 Å². The first-order valence-electron chi connectivity index (χ1n) is 6.12. The van der Waals surface area contributed by atoms with Gasteiger partial charge < -0.3 is 0 Å². The lowest BCUT2D eigenvalue weighted by molar-refractivity contribution is 0.599. The number of hydrogen-bond acceptors (Lipinski definition) is 3. The van der Waals surface area contributed by atoms with E-state index in [1.807, 2.05) is 0 Å². The van der Waals surface area contributed by atoms with Crippen LogP contribution in [0.5, 0.6) is 0 Å². The molecule has 0 aliphatic heterocycles. The third-order valence-corrected chi connectivity index (χ3v) is 5.45. The number of aryl methyl sites for hydroxylation is 3. The van der Waals surface area contributed by atoms with Crippen molar-refractivity contribution in [2.75, 3.05) is 4.72 Å². The molecule has 0 fully saturated rings. The van der Waals surface area contributed by atoms with Gasteiger partial charge in [0.15, 0.2) is 0 Å². The lowest BCUT2D eigenvalue weighted by atomic mass is 10.2. The highest BCUT2D eigenvalue weighted by molar-refractivity contribution is 9.10. The SMILES string of the molecule is Cc1cc(F)c(Br)cc1NS(=O)(=O)c1c(C)nn(C)c1C. The summed E-state index contributed by atoms with van der Waals surface area (Å²) in [6.07, 6.45) is 0. The average Bonchev–Trinajstić information content (AvgIpc) is 2.60. The van der Waals surface area contributed by atoms with Crippen LogP contribution in [-0.2, 0) is 17.1 Å². The Morgan fingerprint density at radius 2 is 1.90 bits per heavy atom. The van der Waals surface area contributed by atoms with Crippen molar-refractivity contribution < 1.29 is 12.8 Å². The first kappa shape index (κ1) is 16.0. The van der Waals surface area contributed by atoms with Crippen LogP contribution in [-0.4, -0.2) is 18.2 Å². The van der Waals surface area contributed by atoms with Crippen LogP contribution in [0.2, 0.25) is 0 Å². The van der Waals surface area contributed by atoms with Gasteiger partial charge in [-0.2, -0.15) is 5.10 Å². The summed E-state index contributed by atoms with van der Waals surface area (Å²) in [5.74, 6) is -0.441. The Kier molecular flexibility index (Phi) is 4.12. The zero-order valence-electron chi connectivity index (χ0n) is 12.0. The van der Waals surface area contributed by atoms with Crippen LogP contribution in [0.1, 0.15) is 17.0 Å². The molecule has 1 aromatic heterocycles. The number of hydrogen-bond donors (Lipinski definition) is 1. The summed E-state index contributed by atoms with van der Waals surface area (Å²) in [6.45, 7) is 4.95. The first-order chi connectivity index (χ1) is 9.63. The maximum Gasteiger partial charge on any atom is 0.265 e. The topological polar surface area (TPSA) is 64.0 Å². The molecule has 0 aliphatic rings.